The van der Waals surface area contributed by atoms with Crippen LogP contribution in [0.15, 0.2) is 96.6 Å². The van der Waals surface area contributed by atoms with Gasteiger partial charge < -0.3 is 0 Å². The maximum absolute atomic E-state index is 5.33. The molecule has 168 valence electrons. The first-order chi connectivity index (χ1) is 16.4. The molecule has 0 fully saturated rings. The molecule has 0 N–H and O–H groups in total. The van der Waals surface area contributed by atoms with Crippen molar-refractivity contribution < 1.29 is 0 Å². The number of nitrogens with zero attached hydrogens (tertiary/aromatic N) is 1. The van der Waals surface area contributed by atoms with Crippen LogP contribution in [0.3, 0.4) is 0 Å². The molecular weight excluding hydrogens is 450 g/mol. The average molecular weight is 478 g/mol. The molecule has 6 rings (SSSR count). The topological polar surface area (TPSA) is 12.9 Å². The number of aromatic nitrogens is 1. The van der Waals surface area contributed by atoms with Gasteiger partial charge in [-0.3, -0.25) is 0 Å². The highest BCUT2D eigenvalue weighted by Gasteiger charge is 2.54. The van der Waals surface area contributed by atoms with Crippen LogP contribution in [-0.4, -0.2) is 9.73 Å². The number of thioether (sulfide) groups is 1. The third-order valence-electron chi connectivity index (χ3n) is 7.53. The third kappa shape index (κ3) is 3.03. The zero-order valence-electron chi connectivity index (χ0n) is 19.9. The molecule has 34 heavy (non-hydrogen) atoms. The van der Waals surface area contributed by atoms with Crippen molar-refractivity contribution in [1.29, 1.82) is 0 Å². The molecule has 0 saturated heterocycles. The molecule has 1 aromatic heterocycles. The summed E-state index contributed by atoms with van der Waals surface area (Å²) >= 11 is 3.88. The summed E-state index contributed by atoms with van der Waals surface area (Å²) in [7, 11) is 0. The van der Waals surface area contributed by atoms with Gasteiger partial charge in [0.25, 0.3) is 0 Å². The predicted octanol–water partition coefficient (Wildman–Crippen LogP) is 7.14. The Balaban J connectivity index is 1.76. The zero-order chi connectivity index (χ0) is 23.5. The van der Waals surface area contributed by atoms with Crippen molar-refractivity contribution in [3.8, 4) is 10.6 Å². The number of fused-ring (bicyclic) bond motifs is 2. The average Bonchev–Trinajstić information content (AvgIpc) is 3.40. The van der Waals surface area contributed by atoms with E-state index in [2.05, 4.69) is 119 Å². The molecule has 3 heteroatoms. The first-order valence-electron chi connectivity index (χ1n) is 11.7. The van der Waals surface area contributed by atoms with Gasteiger partial charge in [-0.2, -0.15) is 0 Å². The van der Waals surface area contributed by atoms with Gasteiger partial charge in [0, 0.05) is 15.9 Å². The number of hydrogen-bond acceptors (Lipinski definition) is 3. The summed E-state index contributed by atoms with van der Waals surface area (Å²) < 4.78 is 1.23. The van der Waals surface area contributed by atoms with Crippen molar-refractivity contribution in [2.75, 3.05) is 0 Å². The smallest absolute Gasteiger partial charge is 0.124 e. The third-order valence-corrected chi connectivity index (χ3v) is 10.5. The molecule has 1 aliphatic carbocycles. The van der Waals surface area contributed by atoms with E-state index in [1.54, 1.807) is 0 Å². The van der Waals surface area contributed by atoms with Crippen LogP contribution < -0.4 is 9.88 Å². The van der Waals surface area contributed by atoms with Crippen molar-refractivity contribution in [3.63, 3.8) is 0 Å². The number of hydrogen-bond donors (Lipinski definition) is 0. The van der Waals surface area contributed by atoms with E-state index in [-0.39, 0.29) is 10.2 Å². The zero-order valence-corrected chi connectivity index (χ0v) is 21.6. The Morgan fingerprint density at radius 3 is 1.76 bits per heavy atom. The monoisotopic (exact) mass is 477 g/mol. The lowest BCUT2D eigenvalue weighted by molar-refractivity contribution is 0.427. The van der Waals surface area contributed by atoms with E-state index in [0.29, 0.717) is 0 Å². The predicted molar refractivity (Wildman–Crippen MR) is 148 cm³/mol. The Labute approximate surface area is 209 Å². The van der Waals surface area contributed by atoms with Gasteiger partial charge in [0.2, 0.25) is 0 Å². The van der Waals surface area contributed by atoms with E-state index in [1.165, 1.54) is 42.8 Å². The minimum absolute atomic E-state index is 0.0963. The van der Waals surface area contributed by atoms with Crippen molar-refractivity contribution >= 4 is 39.2 Å². The molecule has 0 amide bonds. The van der Waals surface area contributed by atoms with Crippen LogP contribution >= 0.6 is 23.1 Å². The standard InChI is InChI=1S/C31H27NS2/c1-20-24-28-26(32-29(33-28)23-18-12-7-13-19-23)25(21-14-8-5-9-15-21)30(2,3)31(24,4)34-27(20)22-16-10-6-11-17-22/h5-19H,1-4H3. The molecular formula is C31H27NS2. The lowest BCUT2D eigenvalue weighted by Gasteiger charge is -2.46. The normalized spacial score (nSPS) is 20.9. The summed E-state index contributed by atoms with van der Waals surface area (Å²) in [5.41, 5.74) is 7.83. The van der Waals surface area contributed by atoms with Crippen LogP contribution in [-0.2, 0) is 0 Å². The van der Waals surface area contributed by atoms with Crippen molar-refractivity contribution in [2.45, 2.75) is 32.4 Å². The first kappa shape index (κ1) is 21.6. The first-order valence-corrected chi connectivity index (χ1v) is 13.4. The summed E-state index contributed by atoms with van der Waals surface area (Å²) in [6, 6.07) is 32.3. The second-order valence-electron chi connectivity index (χ2n) is 9.76. The highest BCUT2D eigenvalue weighted by atomic mass is 32.2. The van der Waals surface area contributed by atoms with Crippen LogP contribution in [0.5, 0.6) is 0 Å². The molecule has 0 radical (unpaired) electrons. The van der Waals surface area contributed by atoms with Gasteiger partial charge in [0.15, 0.2) is 0 Å². The van der Waals surface area contributed by atoms with E-state index in [4.69, 9.17) is 4.98 Å². The molecule has 0 spiro atoms. The summed E-state index contributed by atoms with van der Waals surface area (Å²) in [6.07, 6.45) is 0. The van der Waals surface area contributed by atoms with Crippen molar-refractivity contribution in [2.24, 2.45) is 5.41 Å². The van der Waals surface area contributed by atoms with Gasteiger partial charge in [-0.25, -0.2) is 4.98 Å². The quantitative estimate of drug-likeness (QED) is 0.311. The molecule has 0 bridgehead atoms. The Morgan fingerprint density at radius 2 is 1.18 bits per heavy atom. The fraction of sp³-hybridized carbons (Fsp3) is 0.194. The molecule has 0 saturated carbocycles. The fourth-order valence-electron chi connectivity index (χ4n) is 5.50. The number of rotatable bonds is 3. The Morgan fingerprint density at radius 1 is 0.647 bits per heavy atom. The van der Waals surface area contributed by atoms with Gasteiger partial charge in [-0.15, -0.1) is 23.1 Å². The van der Waals surface area contributed by atoms with Crippen LogP contribution in [0.2, 0.25) is 0 Å². The van der Waals surface area contributed by atoms with Crippen LogP contribution in [0.25, 0.3) is 26.6 Å². The largest absolute Gasteiger partial charge is 0.236 e. The number of benzene rings is 3. The summed E-state index contributed by atoms with van der Waals surface area (Å²) in [5.74, 6) is 0. The summed E-state index contributed by atoms with van der Waals surface area (Å²) in [6.45, 7) is 9.58. The molecule has 2 heterocycles. The molecule has 2 aliphatic rings. The molecule has 1 atom stereocenters. The van der Waals surface area contributed by atoms with E-state index < -0.39 is 0 Å². The van der Waals surface area contributed by atoms with Crippen molar-refractivity contribution in [1.82, 2.24) is 4.98 Å². The van der Waals surface area contributed by atoms with Crippen LogP contribution in [0.1, 0.15) is 38.8 Å². The maximum Gasteiger partial charge on any atom is 0.124 e. The molecule has 3 aromatic carbocycles. The minimum Gasteiger partial charge on any atom is -0.236 e. The second-order valence-corrected chi connectivity index (χ2v) is 12.2. The highest BCUT2D eigenvalue weighted by molar-refractivity contribution is 8.10. The number of thiazole rings is 1. The van der Waals surface area contributed by atoms with Crippen LogP contribution in [0, 0.1) is 5.41 Å². The van der Waals surface area contributed by atoms with E-state index in [0.717, 1.165) is 10.4 Å². The Bertz CT molecular complexity index is 1540. The van der Waals surface area contributed by atoms with Gasteiger partial charge in [-0.05, 0) is 41.7 Å². The van der Waals surface area contributed by atoms with Gasteiger partial charge in [0.05, 0.1) is 14.6 Å². The van der Waals surface area contributed by atoms with Crippen molar-refractivity contribution in [3.05, 3.63) is 118 Å². The Hall–Kier alpha value is -2.88. The van der Waals surface area contributed by atoms with Crippen LogP contribution in [0.4, 0.5) is 0 Å². The van der Waals surface area contributed by atoms with Gasteiger partial charge in [0.1, 0.15) is 5.01 Å². The number of allylic oxidation sites excluding steroid dienone is 1. The lowest BCUT2D eigenvalue weighted by Crippen LogP contribution is -2.50. The molecule has 1 unspecified atom stereocenters. The molecule has 1 nitrogen and oxygen atoms in total. The van der Waals surface area contributed by atoms with Gasteiger partial charge >= 0.3 is 0 Å². The molecule has 1 aliphatic heterocycles. The summed E-state index contributed by atoms with van der Waals surface area (Å²) in [4.78, 5) is 6.72. The fourth-order valence-corrected chi connectivity index (χ4v) is 8.48. The van der Waals surface area contributed by atoms with E-state index in [1.807, 2.05) is 23.1 Å². The second kappa shape index (κ2) is 7.83. The molecule has 4 aromatic rings. The Kier molecular flexibility index (Phi) is 4.98. The van der Waals surface area contributed by atoms with E-state index in [9.17, 15) is 0 Å². The maximum atomic E-state index is 5.33. The van der Waals surface area contributed by atoms with E-state index >= 15 is 0 Å². The minimum atomic E-state index is -0.124. The SMILES string of the molecule is CC1=C(c2ccccc2)SC2(C)C1=c1sc(-c3ccccc3)nc1=C(c1ccccc1)C2(C)C. The highest BCUT2D eigenvalue weighted by Crippen LogP contribution is 2.64. The summed E-state index contributed by atoms with van der Waals surface area (Å²) in [5, 5.41) is 2.25. The van der Waals surface area contributed by atoms with Gasteiger partial charge in [-0.1, -0.05) is 105 Å². The lowest BCUT2D eigenvalue weighted by atomic mass is 9.64.